The van der Waals surface area contributed by atoms with Crippen molar-refractivity contribution in [3.8, 4) is 0 Å². The number of aliphatic hydroxyl groups is 1. The van der Waals surface area contributed by atoms with Gasteiger partial charge in [0.1, 0.15) is 7.05 Å². The lowest BCUT2D eigenvalue weighted by atomic mass is 10.3. The van der Waals surface area contributed by atoms with Crippen molar-refractivity contribution in [2.24, 2.45) is 7.05 Å². The van der Waals surface area contributed by atoms with Gasteiger partial charge in [-0.05, 0) is 6.07 Å². The number of hydrogen-bond acceptors (Lipinski definition) is 5. The highest BCUT2D eigenvalue weighted by Crippen LogP contribution is 1.90. The number of rotatable bonds is 2. The molecule has 15 heavy (non-hydrogen) atoms. The van der Waals surface area contributed by atoms with Crippen LogP contribution in [0.3, 0.4) is 0 Å². The van der Waals surface area contributed by atoms with E-state index in [1.54, 1.807) is 0 Å². The van der Waals surface area contributed by atoms with Crippen LogP contribution in [0, 0.1) is 0 Å². The molecule has 0 aliphatic rings. The van der Waals surface area contributed by atoms with Crippen LogP contribution in [-0.2, 0) is 28.2 Å². The number of hydrogen-bond donors (Lipinski definition) is 1. The van der Waals surface area contributed by atoms with Crippen LogP contribution >= 0.6 is 0 Å². The van der Waals surface area contributed by atoms with E-state index < -0.39 is 10.4 Å². The summed E-state index contributed by atoms with van der Waals surface area (Å²) in [5.41, 5.74) is 0.944. The summed E-state index contributed by atoms with van der Waals surface area (Å²) in [6.45, 7) is 0.120. The summed E-state index contributed by atoms with van der Waals surface area (Å²) >= 11 is 0. The highest BCUT2D eigenvalue weighted by molar-refractivity contribution is 7.80. The summed E-state index contributed by atoms with van der Waals surface area (Å²) in [6.07, 6.45) is 3.82. The molecular weight excluding hydrogens is 222 g/mol. The van der Waals surface area contributed by atoms with Gasteiger partial charge < -0.3 is 9.66 Å². The third-order valence-electron chi connectivity index (χ3n) is 1.39. The summed E-state index contributed by atoms with van der Waals surface area (Å²) in [5.74, 6) is 0. The van der Waals surface area contributed by atoms with Gasteiger partial charge in [0.2, 0.25) is 10.4 Å². The van der Waals surface area contributed by atoms with Crippen LogP contribution in [0.1, 0.15) is 5.56 Å². The maximum atomic E-state index is 9.22. The van der Waals surface area contributed by atoms with Crippen LogP contribution < -0.4 is 4.57 Å². The standard InChI is InChI=1S/C7H10NO.CH4O4S/c1-8-4-2-3-7(5-8)6-9;1-5-6(2,3)4/h2-5,9H,6H2,1H3;1H3,(H,2,3,4)/q+1;/p-1. The predicted octanol–water partition coefficient (Wildman–Crippen LogP) is -0.904. The Hall–Kier alpha value is -1.02. The quantitative estimate of drug-likeness (QED) is 0.407. The second-order valence-corrected chi connectivity index (χ2v) is 3.76. The highest BCUT2D eigenvalue weighted by Gasteiger charge is 1.92. The molecule has 0 fully saturated rings. The molecule has 1 rings (SSSR count). The van der Waals surface area contributed by atoms with Gasteiger partial charge in [-0.1, -0.05) is 0 Å². The van der Waals surface area contributed by atoms with E-state index in [2.05, 4.69) is 4.18 Å². The van der Waals surface area contributed by atoms with Crippen LogP contribution in [0.5, 0.6) is 0 Å². The second kappa shape index (κ2) is 6.46. The van der Waals surface area contributed by atoms with Crippen molar-refractivity contribution in [1.29, 1.82) is 0 Å². The van der Waals surface area contributed by atoms with Crippen molar-refractivity contribution in [2.75, 3.05) is 7.11 Å². The van der Waals surface area contributed by atoms with Gasteiger partial charge in [-0.3, -0.25) is 4.18 Å². The molecule has 0 aromatic carbocycles. The Morgan fingerprint density at radius 1 is 1.60 bits per heavy atom. The van der Waals surface area contributed by atoms with E-state index in [1.807, 2.05) is 36.1 Å². The molecule has 1 aromatic heterocycles. The fourth-order valence-electron chi connectivity index (χ4n) is 0.744. The summed E-state index contributed by atoms with van der Waals surface area (Å²) in [6, 6.07) is 3.80. The van der Waals surface area contributed by atoms with Crippen LogP contribution in [0.2, 0.25) is 0 Å². The lowest BCUT2D eigenvalue weighted by Gasteiger charge is -1.98. The van der Waals surface area contributed by atoms with Gasteiger partial charge in [0.15, 0.2) is 12.4 Å². The molecule has 0 bridgehead atoms. The van der Waals surface area contributed by atoms with E-state index in [1.165, 1.54) is 0 Å². The van der Waals surface area contributed by atoms with Crippen molar-refractivity contribution in [2.45, 2.75) is 6.61 Å². The van der Waals surface area contributed by atoms with Crippen molar-refractivity contribution in [1.82, 2.24) is 0 Å². The minimum atomic E-state index is -4.41. The molecule has 86 valence electrons. The average Bonchev–Trinajstić information content (AvgIpc) is 2.18. The molecule has 0 radical (unpaired) electrons. The van der Waals surface area contributed by atoms with Gasteiger partial charge in [-0.2, -0.15) is 0 Å². The summed E-state index contributed by atoms with van der Waals surface area (Å²) in [7, 11) is -1.67. The molecular formula is C8H13NO5S. The zero-order chi connectivity index (χ0) is 11.9. The Morgan fingerprint density at radius 2 is 2.13 bits per heavy atom. The number of aliphatic hydroxyl groups excluding tert-OH is 1. The number of pyridine rings is 1. The SMILES string of the molecule is COS(=O)(=O)[O-].C[n+]1cccc(CO)c1. The Kier molecular flexibility index (Phi) is 6.02. The number of nitrogens with zero attached hydrogens (tertiary/aromatic N) is 1. The molecule has 7 heteroatoms. The normalized spacial score (nSPS) is 10.4. The van der Waals surface area contributed by atoms with E-state index in [9.17, 15) is 13.0 Å². The zero-order valence-corrected chi connectivity index (χ0v) is 9.27. The maximum Gasteiger partial charge on any atom is 0.217 e. The molecule has 0 unspecified atom stereocenters. The van der Waals surface area contributed by atoms with Crippen LogP contribution in [0.15, 0.2) is 24.5 Å². The molecule has 0 aliphatic carbocycles. The van der Waals surface area contributed by atoms with E-state index >= 15 is 0 Å². The van der Waals surface area contributed by atoms with Crippen molar-refractivity contribution in [3.63, 3.8) is 0 Å². The number of aromatic nitrogens is 1. The lowest BCUT2D eigenvalue weighted by molar-refractivity contribution is -0.672. The summed E-state index contributed by atoms with van der Waals surface area (Å²) in [5, 5.41) is 8.65. The first-order chi connectivity index (χ1) is 6.89. The Balaban J connectivity index is 0.000000288. The first kappa shape index (κ1) is 14.0. The van der Waals surface area contributed by atoms with Gasteiger partial charge in [0.05, 0.1) is 13.7 Å². The second-order valence-electron chi connectivity index (χ2n) is 2.61. The van der Waals surface area contributed by atoms with E-state index in [0.717, 1.165) is 12.7 Å². The molecule has 6 nitrogen and oxygen atoms in total. The third kappa shape index (κ3) is 8.01. The predicted molar refractivity (Wildman–Crippen MR) is 50.2 cm³/mol. The lowest BCUT2D eigenvalue weighted by Crippen LogP contribution is -2.26. The van der Waals surface area contributed by atoms with Gasteiger partial charge >= 0.3 is 0 Å². The molecule has 1 heterocycles. The molecule has 0 aliphatic heterocycles. The van der Waals surface area contributed by atoms with Crippen molar-refractivity contribution >= 4 is 10.4 Å². The summed E-state index contributed by atoms with van der Waals surface area (Å²) in [4.78, 5) is 0. The van der Waals surface area contributed by atoms with E-state index in [4.69, 9.17) is 5.11 Å². The molecule has 1 N–H and O–H groups in total. The first-order valence-corrected chi connectivity index (χ1v) is 5.29. The molecule has 0 amide bonds. The Morgan fingerprint density at radius 3 is 2.40 bits per heavy atom. The fourth-order valence-corrected chi connectivity index (χ4v) is 0.744. The smallest absolute Gasteiger partial charge is 0.217 e. The van der Waals surface area contributed by atoms with Crippen LogP contribution in [0.25, 0.3) is 0 Å². The van der Waals surface area contributed by atoms with Gasteiger partial charge in [-0.25, -0.2) is 13.0 Å². The maximum absolute atomic E-state index is 9.22. The van der Waals surface area contributed by atoms with E-state index in [0.29, 0.717) is 0 Å². The minimum absolute atomic E-state index is 0.120. The van der Waals surface area contributed by atoms with Crippen LogP contribution in [0.4, 0.5) is 0 Å². The Labute approximate surface area is 88.7 Å². The monoisotopic (exact) mass is 235 g/mol. The molecule has 0 atom stereocenters. The molecule has 0 saturated carbocycles. The molecule has 1 aromatic rings. The van der Waals surface area contributed by atoms with Crippen molar-refractivity contribution < 1.29 is 26.8 Å². The minimum Gasteiger partial charge on any atom is -0.726 e. The molecule has 0 spiro atoms. The Bertz CT molecular complexity index is 390. The molecule has 0 saturated heterocycles. The third-order valence-corrected chi connectivity index (χ3v) is 1.80. The summed E-state index contributed by atoms with van der Waals surface area (Å²) < 4.78 is 32.9. The largest absolute Gasteiger partial charge is 0.726 e. The van der Waals surface area contributed by atoms with E-state index in [-0.39, 0.29) is 6.61 Å². The highest BCUT2D eigenvalue weighted by atomic mass is 32.3. The van der Waals surface area contributed by atoms with Gasteiger partial charge in [-0.15, -0.1) is 0 Å². The van der Waals surface area contributed by atoms with Crippen molar-refractivity contribution in [3.05, 3.63) is 30.1 Å². The fraction of sp³-hybridized carbons (Fsp3) is 0.375. The van der Waals surface area contributed by atoms with Gasteiger partial charge in [0, 0.05) is 11.6 Å². The van der Waals surface area contributed by atoms with Gasteiger partial charge in [0.25, 0.3) is 0 Å². The zero-order valence-electron chi connectivity index (χ0n) is 8.45. The first-order valence-electron chi connectivity index (χ1n) is 3.95. The van der Waals surface area contributed by atoms with Crippen LogP contribution in [-0.4, -0.2) is 25.2 Å². The average molecular weight is 235 g/mol. The number of aryl methyl sites for hydroxylation is 1. The topological polar surface area (TPSA) is 90.5 Å².